The van der Waals surface area contributed by atoms with E-state index in [1.165, 1.54) is 0 Å². The van der Waals surface area contributed by atoms with E-state index in [-0.39, 0.29) is 5.91 Å². The van der Waals surface area contributed by atoms with Gasteiger partial charge in [0, 0.05) is 26.8 Å². The van der Waals surface area contributed by atoms with Gasteiger partial charge in [-0.15, -0.1) is 0 Å². The van der Waals surface area contributed by atoms with Gasteiger partial charge in [0.25, 0.3) is 5.91 Å². The molecule has 0 saturated carbocycles. The van der Waals surface area contributed by atoms with E-state index in [0.717, 1.165) is 17.1 Å². The Kier molecular flexibility index (Phi) is 4.16. The second-order valence-electron chi connectivity index (χ2n) is 5.59. The fourth-order valence-electron chi connectivity index (χ4n) is 2.36. The Morgan fingerprint density at radius 3 is 2.00 bits per heavy atom. The molecule has 0 bridgehead atoms. The summed E-state index contributed by atoms with van der Waals surface area (Å²) in [6, 6.07) is 0. The van der Waals surface area contributed by atoms with Gasteiger partial charge in [0.15, 0.2) is 0 Å². The van der Waals surface area contributed by atoms with E-state index in [0.29, 0.717) is 22.9 Å². The minimum Gasteiger partial charge on any atom is -0.347 e. The third-order valence-electron chi connectivity index (χ3n) is 3.63. The molecule has 2 rings (SSSR count). The molecule has 22 heavy (non-hydrogen) atoms. The zero-order valence-electron chi connectivity index (χ0n) is 14.1. The largest absolute Gasteiger partial charge is 0.347 e. The molecule has 0 spiro atoms. The highest BCUT2D eigenvalue weighted by Gasteiger charge is 2.20. The van der Waals surface area contributed by atoms with Crippen molar-refractivity contribution >= 4 is 17.5 Å². The van der Waals surface area contributed by atoms with Crippen molar-refractivity contribution in [1.29, 1.82) is 0 Å². The molecule has 0 atom stereocenters. The first kappa shape index (κ1) is 15.9. The normalized spacial score (nSPS) is 10.7. The maximum absolute atomic E-state index is 12.6. The van der Waals surface area contributed by atoms with Crippen LogP contribution in [0.5, 0.6) is 0 Å². The highest BCUT2D eigenvalue weighted by Crippen LogP contribution is 2.21. The molecule has 0 aromatic carbocycles. The SMILES string of the molecule is Cc1nc(N(C)C)nc(C)c1NC(=O)c1c(C)nn(C)c1C. The zero-order valence-corrected chi connectivity index (χ0v) is 14.1. The molecule has 2 heterocycles. The molecule has 1 N–H and O–H groups in total. The third-order valence-corrected chi connectivity index (χ3v) is 3.63. The van der Waals surface area contributed by atoms with Gasteiger partial charge in [0.05, 0.1) is 28.3 Å². The second kappa shape index (κ2) is 5.75. The van der Waals surface area contributed by atoms with Gasteiger partial charge in [0.2, 0.25) is 5.95 Å². The molecule has 7 nitrogen and oxygen atoms in total. The van der Waals surface area contributed by atoms with E-state index in [2.05, 4.69) is 20.4 Å². The smallest absolute Gasteiger partial charge is 0.259 e. The number of hydrogen-bond donors (Lipinski definition) is 1. The van der Waals surface area contributed by atoms with Crippen LogP contribution in [-0.4, -0.2) is 39.8 Å². The molecule has 118 valence electrons. The predicted molar refractivity (Wildman–Crippen MR) is 86.5 cm³/mol. The third kappa shape index (κ3) is 2.79. The Labute approximate surface area is 130 Å². The Hall–Kier alpha value is -2.44. The molecule has 0 saturated heterocycles. The van der Waals surface area contributed by atoms with Crippen molar-refractivity contribution in [2.75, 3.05) is 24.3 Å². The molecule has 0 aliphatic heterocycles. The first-order chi connectivity index (χ1) is 10.2. The molecule has 0 unspecified atom stereocenters. The van der Waals surface area contributed by atoms with Crippen molar-refractivity contribution in [1.82, 2.24) is 19.7 Å². The molecule has 1 amide bonds. The quantitative estimate of drug-likeness (QED) is 0.935. The van der Waals surface area contributed by atoms with Crippen LogP contribution in [0.15, 0.2) is 0 Å². The standard InChI is InChI=1S/C15H22N6O/c1-8-12(11(4)21(7)19-8)14(22)18-13-9(2)16-15(20(5)6)17-10(13)3/h1-7H3,(H,18,22). The van der Waals surface area contributed by atoms with Gasteiger partial charge in [-0.1, -0.05) is 0 Å². The average Bonchev–Trinajstić information content (AvgIpc) is 2.67. The average molecular weight is 302 g/mol. The lowest BCUT2D eigenvalue weighted by atomic mass is 10.1. The number of amides is 1. The predicted octanol–water partition coefficient (Wildman–Crippen LogP) is 1.76. The number of aryl methyl sites for hydroxylation is 4. The second-order valence-corrected chi connectivity index (χ2v) is 5.59. The number of aromatic nitrogens is 4. The van der Waals surface area contributed by atoms with E-state index in [4.69, 9.17) is 0 Å². The number of carbonyl (C=O) groups excluding carboxylic acids is 1. The van der Waals surface area contributed by atoms with Crippen LogP contribution in [0, 0.1) is 27.7 Å². The number of nitrogens with one attached hydrogen (secondary N) is 1. The van der Waals surface area contributed by atoms with Crippen LogP contribution in [0.2, 0.25) is 0 Å². The molecular formula is C15H22N6O. The summed E-state index contributed by atoms with van der Waals surface area (Å²) in [5.74, 6) is 0.442. The number of rotatable bonds is 3. The first-order valence-electron chi connectivity index (χ1n) is 7.06. The summed E-state index contributed by atoms with van der Waals surface area (Å²) >= 11 is 0. The molecule has 0 aliphatic carbocycles. The van der Waals surface area contributed by atoms with Crippen LogP contribution >= 0.6 is 0 Å². The van der Waals surface area contributed by atoms with Crippen molar-refractivity contribution in [2.45, 2.75) is 27.7 Å². The van der Waals surface area contributed by atoms with E-state index >= 15 is 0 Å². The molecule has 2 aromatic rings. The number of anilines is 2. The number of hydrogen-bond acceptors (Lipinski definition) is 5. The minimum atomic E-state index is -0.185. The summed E-state index contributed by atoms with van der Waals surface area (Å²) in [7, 11) is 5.59. The monoisotopic (exact) mass is 302 g/mol. The Balaban J connectivity index is 2.37. The van der Waals surface area contributed by atoms with Crippen LogP contribution in [-0.2, 0) is 7.05 Å². The number of carbonyl (C=O) groups is 1. The van der Waals surface area contributed by atoms with Gasteiger partial charge < -0.3 is 10.2 Å². The molecule has 0 radical (unpaired) electrons. The summed E-state index contributed by atoms with van der Waals surface area (Å²) in [6.07, 6.45) is 0. The maximum Gasteiger partial charge on any atom is 0.259 e. The first-order valence-corrected chi connectivity index (χ1v) is 7.06. The molecule has 0 fully saturated rings. The topological polar surface area (TPSA) is 75.9 Å². The van der Waals surface area contributed by atoms with Gasteiger partial charge in [0.1, 0.15) is 0 Å². The van der Waals surface area contributed by atoms with E-state index in [9.17, 15) is 4.79 Å². The van der Waals surface area contributed by atoms with Crippen molar-refractivity contribution in [3.63, 3.8) is 0 Å². The van der Waals surface area contributed by atoms with Gasteiger partial charge >= 0.3 is 0 Å². The maximum atomic E-state index is 12.6. The van der Waals surface area contributed by atoms with Gasteiger partial charge in [-0.05, 0) is 27.7 Å². The fourth-order valence-corrected chi connectivity index (χ4v) is 2.36. The summed E-state index contributed by atoms with van der Waals surface area (Å²) in [4.78, 5) is 23.2. The molecular weight excluding hydrogens is 280 g/mol. The van der Waals surface area contributed by atoms with Crippen LogP contribution in [0.25, 0.3) is 0 Å². The minimum absolute atomic E-state index is 0.185. The van der Waals surface area contributed by atoms with Crippen molar-refractivity contribution in [2.24, 2.45) is 7.05 Å². The zero-order chi connectivity index (χ0) is 16.6. The van der Waals surface area contributed by atoms with Crippen LogP contribution in [0.3, 0.4) is 0 Å². The van der Waals surface area contributed by atoms with Gasteiger partial charge in [-0.25, -0.2) is 9.97 Å². The fraction of sp³-hybridized carbons (Fsp3) is 0.467. The Morgan fingerprint density at radius 1 is 1.05 bits per heavy atom. The van der Waals surface area contributed by atoms with Gasteiger partial charge in [-0.3, -0.25) is 9.48 Å². The van der Waals surface area contributed by atoms with Crippen molar-refractivity contribution in [3.8, 4) is 0 Å². The highest BCUT2D eigenvalue weighted by molar-refractivity contribution is 6.06. The van der Waals surface area contributed by atoms with E-state index < -0.39 is 0 Å². The van der Waals surface area contributed by atoms with Crippen molar-refractivity contribution < 1.29 is 4.79 Å². The number of nitrogens with zero attached hydrogens (tertiary/aromatic N) is 5. The van der Waals surface area contributed by atoms with Gasteiger partial charge in [-0.2, -0.15) is 5.10 Å². The van der Waals surface area contributed by atoms with E-state index in [1.807, 2.05) is 53.7 Å². The van der Waals surface area contributed by atoms with Crippen LogP contribution in [0.1, 0.15) is 33.1 Å². The Morgan fingerprint density at radius 2 is 1.59 bits per heavy atom. The highest BCUT2D eigenvalue weighted by atomic mass is 16.1. The molecule has 0 aliphatic rings. The lowest BCUT2D eigenvalue weighted by Gasteiger charge is -2.15. The Bertz CT molecular complexity index is 709. The lowest BCUT2D eigenvalue weighted by molar-refractivity contribution is 0.102. The summed E-state index contributed by atoms with van der Waals surface area (Å²) < 4.78 is 1.70. The van der Waals surface area contributed by atoms with E-state index in [1.54, 1.807) is 4.68 Å². The molecule has 7 heteroatoms. The summed E-state index contributed by atoms with van der Waals surface area (Å²) in [6.45, 7) is 7.42. The van der Waals surface area contributed by atoms with Crippen molar-refractivity contribution in [3.05, 3.63) is 28.3 Å². The summed E-state index contributed by atoms with van der Waals surface area (Å²) in [5.41, 5.74) is 4.26. The lowest BCUT2D eigenvalue weighted by Crippen LogP contribution is -2.19. The molecule has 2 aromatic heterocycles. The summed E-state index contributed by atoms with van der Waals surface area (Å²) in [5, 5.41) is 7.19. The van der Waals surface area contributed by atoms with Crippen LogP contribution < -0.4 is 10.2 Å². The van der Waals surface area contributed by atoms with Crippen LogP contribution in [0.4, 0.5) is 11.6 Å².